The molecular weight excluding hydrogens is 336 g/mol. The Balaban J connectivity index is 2.27. The molecule has 2 aliphatic heterocycles. The van der Waals surface area contributed by atoms with Crippen LogP contribution < -0.4 is 0 Å². The van der Waals surface area contributed by atoms with E-state index in [4.69, 9.17) is 23.7 Å². The first-order valence-corrected chi connectivity index (χ1v) is 8.40. The standard InChI is InChI=1S/C16H26O9/c1-5-16(6-2)24-13-12(20)11(19)10(7-21-8(3)17)23-15(14(13)25-16)22-9(4)18/h10-15,19-20H,5-7H2,1-4H3/t10-,11-,12+,13-,14-,15?/m1/s1. The third kappa shape index (κ3) is 4.29. The van der Waals surface area contributed by atoms with E-state index in [0.717, 1.165) is 0 Å². The molecule has 9 nitrogen and oxygen atoms in total. The molecule has 0 aromatic heterocycles. The molecule has 0 saturated carbocycles. The molecule has 1 unspecified atom stereocenters. The minimum atomic E-state index is -1.42. The van der Waals surface area contributed by atoms with E-state index in [0.29, 0.717) is 12.8 Å². The lowest BCUT2D eigenvalue weighted by Crippen LogP contribution is -2.47. The number of rotatable bonds is 5. The first-order valence-electron chi connectivity index (χ1n) is 8.40. The van der Waals surface area contributed by atoms with Gasteiger partial charge in [-0.1, -0.05) is 13.8 Å². The van der Waals surface area contributed by atoms with Gasteiger partial charge in [0, 0.05) is 13.8 Å². The molecule has 2 rings (SSSR count). The number of aliphatic hydroxyl groups is 2. The van der Waals surface area contributed by atoms with Gasteiger partial charge >= 0.3 is 11.9 Å². The van der Waals surface area contributed by atoms with Gasteiger partial charge in [0.15, 0.2) is 11.9 Å². The minimum absolute atomic E-state index is 0.308. The molecule has 0 bridgehead atoms. The molecule has 9 heteroatoms. The van der Waals surface area contributed by atoms with Gasteiger partial charge in [-0.2, -0.15) is 0 Å². The highest BCUT2D eigenvalue weighted by Crippen LogP contribution is 2.40. The summed E-state index contributed by atoms with van der Waals surface area (Å²) in [7, 11) is 0. The van der Waals surface area contributed by atoms with Crippen molar-refractivity contribution in [3.8, 4) is 0 Å². The maximum Gasteiger partial charge on any atom is 0.305 e. The molecule has 0 spiro atoms. The van der Waals surface area contributed by atoms with Crippen LogP contribution in [0.1, 0.15) is 40.5 Å². The quantitative estimate of drug-likeness (QED) is 0.644. The first kappa shape index (κ1) is 20.1. The number of hydrogen-bond donors (Lipinski definition) is 2. The summed E-state index contributed by atoms with van der Waals surface area (Å²) in [6, 6.07) is 0. The van der Waals surface area contributed by atoms with Crippen LogP contribution in [-0.4, -0.2) is 71.4 Å². The van der Waals surface area contributed by atoms with Crippen molar-refractivity contribution in [3.63, 3.8) is 0 Å². The Morgan fingerprint density at radius 1 is 1.00 bits per heavy atom. The zero-order chi connectivity index (χ0) is 18.8. The van der Waals surface area contributed by atoms with Gasteiger partial charge in [0.25, 0.3) is 0 Å². The largest absolute Gasteiger partial charge is 0.463 e. The highest BCUT2D eigenvalue weighted by molar-refractivity contribution is 5.66. The smallest absolute Gasteiger partial charge is 0.305 e. The molecule has 2 heterocycles. The zero-order valence-corrected chi connectivity index (χ0v) is 14.8. The normalized spacial score (nSPS) is 37.0. The van der Waals surface area contributed by atoms with Crippen LogP contribution in [0.3, 0.4) is 0 Å². The van der Waals surface area contributed by atoms with Gasteiger partial charge in [0.05, 0.1) is 0 Å². The molecule has 0 aromatic carbocycles. The van der Waals surface area contributed by atoms with Crippen molar-refractivity contribution < 1.29 is 43.5 Å². The first-order chi connectivity index (χ1) is 11.7. The predicted octanol–water partition coefficient (Wildman–Crippen LogP) is -0.140. The van der Waals surface area contributed by atoms with Gasteiger partial charge in [-0.15, -0.1) is 0 Å². The van der Waals surface area contributed by atoms with Gasteiger partial charge in [-0.25, -0.2) is 0 Å². The summed E-state index contributed by atoms with van der Waals surface area (Å²) in [5.41, 5.74) is 0. The lowest BCUT2D eigenvalue weighted by Gasteiger charge is -2.30. The number of fused-ring (bicyclic) bond motifs is 1. The molecular formula is C16H26O9. The van der Waals surface area contributed by atoms with E-state index in [1.54, 1.807) is 0 Å². The second kappa shape index (κ2) is 7.96. The van der Waals surface area contributed by atoms with Gasteiger partial charge < -0.3 is 33.9 Å². The molecule has 2 aliphatic rings. The summed E-state index contributed by atoms with van der Waals surface area (Å²) < 4.78 is 27.5. The molecule has 2 saturated heterocycles. The van der Waals surface area contributed by atoms with Crippen molar-refractivity contribution in [2.75, 3.05) is 6.61 Å². The molecule has 25 heavy (non-hydrogen) atoms. The number of carbonyl (C=O) groups is 2. The molecule has 0 aromatic rings. The van der Waals surface area contributed by atoms with Crippen molar-refractivity contribution >= 4 is 11.9 Å². The van der Waals surface area contributed by atoms with Crippen molar-refractivity contribution in [2.45, 2.75) is 83.1 Å². The average molecular weight is 362 g/mol. The molecule has 0 radical (unpaired) electrons. The molecule has 0 amide bonds. The van der Waals surface area contributed by atoms with Crippen LogP contribution in [0.15, 0.2) is 0 Å². The van der Waals surface area contributed by atoms with Crippen LogP contribution in [0.2, 0.25) is 0 Å². The maximum absolute atomic E-state index is 11.4. The SMILES string of the molecule is CCC1(CC)O[C@@H]2[C@@H](O)[C@H](O)[C@@H](COC(C)=O)OC(OC(C)=O)[C@@H]2O1. The number of hydrogen-bond acceptors (Lipinski definition) is 9. The molecule has 144 valence electrons. The van der Waals surface area contributed by atoms with Gasteiger partial charge in [0.1, 0.15) is 31.0 Å². The lowest BCUT2D eigenvalue weighted by atomic mass is 10.0. The highest BCUT2D eigenvalue weighted by atomic mass is 16.8. The summed E-state index contributed by atoms with van der Waals surface area (Å²) in [6.07, 6.45) is -5.97. The average Bonchev–Trinajstić information content (AvgIpc) is 2.93. The van der Waals surface area contributed by atoms with Gasteiger partial charge in [-0.3, -0.25) is 9.59 Å². The lowest BCUT2D eigenvalue weighted by molar-refractivity contribution is -0.254. The van der Waals surface area contributed by atoms with Crippen molar-refractivity contribution in [3.05, 3.63) is 0 Å². The summed E-state index contributed by atoms with van der Waals surface area (Å²) in [5, 5.41) is 20.9. The highest BCUT2D eigenvalue weighted by Gasteiger charge is 2.57. The fourth-order valence-electron chi connectivity index (χ4n) is 3.06. The number of carbonyl (C=O) groups excluding carboxylic acids is 2. The van der Waals surface area contributed by atoms with Crippen molar-refractivity contribution in [1.82, 2.24) is 0 Å². The van der Waals surface area contributed by atoms with Gasteiger partial charge in [-0.05, 0) is 12.8 Å². The monoisotopic (exact) mass is 362 g/mol. The fraction of sp³-hybridized carbons (Fsp3) is 0.875. The molecule has 0 aliphatic carbocycles. The Labute approximate surface area is 146 Å². The van der Waals surface area contributed by atoms with E-state index >= 15 is 0 Å². The number of esters is 2. The second-order valence-electron chi connectivity index (χ2n) is 6.22. The van der Waals surface area contributed by atoms with E-state index in [9.17, 15) is 19.8 Å². The van der Waals surface area contributed by atoms with E-state index in [-0.39, 0.29) is 6.61 Å². The maximum atomic E-state index is 11.4. The summed E-state index contributed by atoms with van der Waals surface area (Å²) in [4.78, 5) is 22.5. The Hall–Kier alpha value is -1.26. The summed E-state index contributed by atoms with van der Waals surface area (Å²) >= 11 is 0. The third-order valence-corrected chi connectivity index (χ3v) is 4.48. The molecule has 2 N–H and O–H groups in total. The Kier molecular flexibility index (Phi) is 6.39. The number of aliphatic hydroxyl groups excluding tert-OH is 2. The Morgan fingerprint density at radius 3 is 2.12 bits per heavy atom. The fourth-order valence-corrected chi connectivity index (χ4v) is 3.06. The minimum Gasteiger partial charge on any atom is -0.463 e. The topological polar surface area (TPSA) is 121 Å². The van der Waals surface area contributed by atoms with Crippen LogP contribution in [0.25, 0.3) is 0 Å². The van der Waals surface area contributed by atoms with Crippen LogP contribution in [0, 0.1) is 0 Å². The predicted molar refractivity (Wildman–Crippen MR) is 82.1 cm³/mol. The Bertz CT molecular complexity index is 490. The van der Waals surface area contributed by atoms with Crippen LogP contribution >= 0.6 is 0 Å². The zero-order valence-electron chi connectivity index (χ0n) is 14.8. The van der Waals surface area contributed by atoms with E-state index in [1.807, 2.05) is 13.8 Å². The number of ether oxygens (including phenoxy) is 5. The van der Waals surface area contributed by atoms with Gasteiger partial charge in [0.2, 0.25) is 6.29 Å². The van der Waals surface area contributed by atoms with E-state index in [2.05, 4.69) is 0 Å². The van der Waals surface area contributed by atoms with E-state index < -0.39 is 54.5 Å². The van der Waals surface area contributed by atoms with Crippen LogP contribution in [0.4, 0.5) is 0 Å². The summed E-state index contributed by atoms with van der Waals surface area (Å²) in [6.45, 7) is 5.84. The molecule has 6 atom stereocenters. The van der Waals surface area contributed by atoms with Crippen molar-refractivity contribution in [2.24, 2.45) is 0 Å². The molecule has 2 fully saturated rings. The van der Waals surface area contributed by atoms with Crippen LogP contribution in [0.5, 0.6) is 0 Å². The van der Waals surface area contributed by atoms with Crippen LogP contribution in [-0.2, 0) is 33.3 Å². The Morgan fingerprint density at radius 2 is 1.60 bits per heavy atom. The van der Waals surface area contributed by atoms with Crippen molar-refractivity contribution in [1.29, 1.82) is 0 Å². The third-order valence-electron chi connectivity index (χ3n) is 4.48. The summed E-state index contributed by atoms with van der Waals surface area (Å²) in [5.74, 6) is -2.14. The second-order valence-corrected chi connectivity index (χ2v) is 6.22. The van der Waals surface area contributed by atoms with E-state index in [1.165, 1.54) is 13.8 Å².